The number of nitro benzene ring substituents is 1. The molecule has 0 saturated heterocycles. The molecule has 1 aromatic heterocycles. The molecule has 0 atom stereocenters. The van der Waals surface area contributed by atoms with Crippen molar-refractivity contribution in [3.63, 3.8) is 0 Å². The SMILES string of the molecule is Cc1c(Br)cnn1CC(=O)Nc1ccc([N+](=O)[O-])cc1C#N. The number of hydrogen-bond donors (Lipinski definition) is 1. The Bertz CT molecular complexity index is 793. The predicted octanol–water partition coefficient (Wildman–Crippen LogP) is 2.37. The van der Waals surface area contributed by atoms with E-state index in [-0.39, 0.29) is 29.4 Å². The summed E-state index contributed by atoms with van der Waals surface area (Å²) in [6.45, 7) is 1.77. The highest BCUT2D eigenvalue weighted by Gasteiger charge is 2.14. The number of carbonyl (C=O) groups excluding carboxylic acids is 1. The Hall–Kier alpha value is -2.73. The van der Waals surface area contributed by atoms with Gasteiger partial charge in [-0.1, -0.05) is 0 Å². The van der Waals surface area contributed by atoms with Crippen LogP contribution in [0.5, 0.6) is 0 Å². The van der Waals surface area contributed by atoms with Crippen molar-refractivity contribution in [3.05, 3.63) is 50.2 Å². The van der Waals surface area contributed by atoms with Crippen molar-refractivity contribution < 1.29 is 9.72 Å². The van der Waals surface area contributed by atoms with E-state index in [4.69, 9.17) is 5.26 Å². The van der Waals surface area contributed by atoms with Crippen LogP contribution in [0.2, 0.25) is 0 Å². The Morgan fingerprint density at radius 1 is 1.59 bits per heavy atom. The van der Waals surface area contributed by atoms with Crippen LogP contribution in [-0.2, 0) is 11.3 Å². The maximum absolute atomic E-state index is 12.0. The quantitative estimate of drug-likeness (QED) is 0.661. The summed E-state index contributed by atoms with van der Waals surface area (Å²) in [6.07, 6.45) is 1.58. The van der Waals surface area contributed by atoms with Crippen LogP contribution in [0.25, 0.3) is 0 Å². The number of anilines is 1. The van der Waals surface area contributed by atoms with Gasteiger partial charge in [-0.15, -0.1) is 0 Å². The highest BCUT2D eigenvalue weighted by atomic mass is 79.9. The molecular formula is C13H10BrN5O3. The molecule has 0 aliphatic heterocycles. The highest BCUT2D eigenvalue weighted by Crippen LogP contribution is 2.21. The maximum Gasteiger partial charge on any atom is 0.270 e. The normalized spacial score (nSPS) is 10.0. The summed E-state index contributed by atoms with van der Waals surface area (Å²) in [6, 6.07) is 5.51. The third kappa shape index (κ3) is 3.29. The molecule has 2 rings (SSSR count). The second-order valence-electron chi connectivity index (χ2n) is 4.38. The molecule has 0 bridgehead atoms. The summed E-state index contributed by atoms with van der Waals surface area (Å²) in [5.74, 6) is -0.385. The molecule has 0 saturated carbocycles. The van der Waals surface area contributed by atoms with Gasteiger partial charge < -0.3 is 5.32 Å². The monoisotopic (exact) mass is 363 g/mol. The number of halogens is 1. The number of benzene rings is 1. The molecule has 9 heteroatoms. The van der Waals surface area contributed by atoms with Gasteiger partial charge in [0.15, 0.2) is 0 Å². The van der Waals surface area contributed by atoms with Crippen LogP contribution in [0.3, 0.4) is 0 Å². The smallest absolute Gasteiger partial charge is 0.270 e. The third-order valence-electron chi connectivity index (χ3n) is 2.95. The summed E-state index contributed by atoms with van der Waals surface area (Å²) in [7, 11) is 0. The van der Waals surface area contributed by atoms with Crippen LogP contribution in [0, 0.1) is 28.4 Å². The first-order valence-electron chi connectivity index (χ1n) is 6.08. The van der Waals surface area contributed by atoms with E-state index >= 15 is 0 Å². The highest BCUT2D eigenvalue weighted by molar-refractivity contribution is 9.10. The van der Waals surface area contributed by atoms with Gasteiger partial charge >= 0.3 is 0 Å². The van der Waals surface area contributed by atoms with Crippen molar-refractivity contribution in [2.75, 3.05) is 5.32 Å². The molecule has 8 nitrogen and oxygen atoms in total. The molecule has 1 N–H and O–H groups in total. The first-order chi connectivity index (χ1) is 10.4. The molecule has 0 fully saturated rings. The van der Waals surface area contributed by atoms with E-state index in [9.17, 15) is 14.9 Å². The minimum absolute atomic E-state index is 0.0285. The van der Waals surface area contributed by atoms with Gasteiger partial charge in [-0.3, -0.25) is 19.6 Å². The standard InChI is InChI=1S/C13H10BrN5O3/c1-8-11(14)6-16-18(8)7-13(20)17-12-3-2-10(19(21)22)4-9(12)5-15/h2-4,6H,7H2,1H3,(H,17,20). The lowest BCUT2D eigenvalue weighted by Crippen LogP contribution is -2.20. The molecule has 1 heterocycles. The summed E-state index contributed by atoms with van der Waals surface area (Å²) in [5.41, 5.74) is 0.837. The van der Waals surface area contributed by atoms with E-state index in [1.165, 1.54) is 16.8 Å². The van der Waals surface area contributed by atoms with Gasteiger partial charge in [-0.2, -0.15) is 10.4 Å². The number of non-ortho nitro benzene ring substituents is 1. The van der Waals surface area contributed by atoms with Crippen molar-refractivity contribution in [1.82, 2.24) is 9.78 Å². The van der Waals surface area contributed by atoms with E-state index < -0.39 is 4.92 Å². The van der Waals surface area contributed by atoms with Crippen LogP contribution in [-0.4, -0.2) is 20.6 Å². The Kier molecular flexibility index (Phi) is 4.53. The summed E-state index contributed by atoms with van der Waals surface area (Å²) in [4.78, 5) is 22.1. The maximum atomic E-state index is 12.0. The Morgan fingerprint density at radius 3 is 2.86 bits per heavy atom. The lowest BCUT2D eigenvalue weighted by atomic mass is 10.1. The van der Waals surface area contributed by atoms with E-state index in [0.717, 1.165) is 16.2 Å². The van der Waals surface area contributed by atoms with Gasteiger partial charge in [-0.25, -0.2) is 0 Å². The molecule has 0 radical (unpaired) electrons. The fourth-order valence-corrected chi connectivity index (χ4v) is 2.05. The van der Waals surface area contributed by atoms with Gasteiger partial charge in [0, 0.05) is 12.1 Å². The van der Waals surface area contributed by atoms with Gasteiger partial charge in [0.05, 0.1) is 32.5 Å². The fraction of sp³-hybridized carbons (Fsp3) is 0.154. The van der Waals surface area contributed by atoms with Crippen molar-refractivity contribution in [2.24, 2.45) is 0 Å². The van der Waals surface area contributed by atoms with Gasteiger partial charge in [-0.05, 0) is 28.9 Å². The second-order valence-corrected chi connectivity index (χ2v) is 5.24. The fourth-order valence-electron chi connectivity index (χ4n) is 1.76. The number of nitriles is 1. The topological polar surface area (TPSA) is 114 Å². The largest absolute Gasteiger partial charge is 0.323 e. The van der Waals surface area contributed by atoms with Crippen LogP contribution < -0.4 is 5.32 Å². The van der Waals surface area contributed by atoms with Crippen molar-refractivity contribution >= 4 is 33.2 Å². The molecule has 2 aromatic rings. The Morgan fingerprint density at radius 2 is 2.32 bits per heavy atom. The number of amides is 1. The molecule has 22 heavy (non-hydrogen) atoms. The molecule has 0 spiro atoms. The molecule has 0 unspecified atom stereocenters. The van der Waals surface area contributed by atoms with Gasteiger partial charge in [0.2, 0.25) is 5.91 Å². The second kappa shape index (κ2) is 6.36. The molecular weight excluding hydrogens is 354 g/mol. The zero-order valence-corrected chi connectivity index (χ0v) is 13.0. The average Bonchev–Trinajstić information content (AvgIpc) is 2.79. The van der Waals surface area contributed by atoms with Gasteiger partial charge in [0.25, 0.3) is 5.69 Å². The average molecular weight is 364 g/mol. The van der Waals surface area contributed by atoms with Crippen molar-refractivity contribution in [3.8, 4) is 6.07 Å². The predicted molar refractivity (Wildman–Crippen MR) is 81.1 cm³/mol. The van der Waals surface area contributed by atoms with Gasteiger partial charge in [0.1, 0.15) is 12.6 Å². The molecule has 0 aliphatic rings. The van der Waals surface area contributed by atoms with Crippen molar-refractivity contribution in [1.29, 1.82) is 5.26 Å². The number of nitrogens with zero attached hydrogens (tertiary/aromatic N) is 4. The molecule has 1 amide bonds. The minimum Gasteiger partial charge on any atom is -0.323 e. The lowest BCUT2D eigenvalue weighted by molar-refractivity contribution is -0.384. The van der Waals surface area contributed by atoms with E-state index in [1.54, 1.807) is 13.1 Å². The van der Waals surface area contributed by atoms with Crippen LogP contribution in [0.1, 0.15) is 11.3 Å². The molecule has 112 valence electrons. The molecule has 0 aliphatic carbocycles. The number of hydrogen-bond acceptors (Lipinski definition) is 5. The summed E-state index contributed by atoms with van der Waals surface area (Å²) < 4.78 is 2.28. The van der Waals surface area contributed by atoms with E-state index in [0.29, 0.717) is 0 Å². The summed E-state index contributed by atoms with van der Waals surface area (Å²) in [5, 5.41) is 26.3. The first-order valence-corrected chi connectivity index (χ1v) is 6.88. The van der Waals surface area contributed by atoms with Crippen LogP contribution in [0.15, 0.2) is 28.9 Å². The number of aromatic nitrogens is 2. The van der Waals surface area contributed by atoms with E-state index in [1.807, 2.05) is 6.07 Å². The number of nitrogens with one attached hydrogen (secondary N) is 1. The lowest BCUT2D eigenvalue weighted by Gasteiger charge is -2.08. The Labute approximate surface area is 133 Å². The van der Waals surface area contributed by atoms with Crippen molar-refractivity contribution in [2.45, 2.75) is 13.5 Å². The van der Waals surface area contributed by atoms with E-state index in [2.05, 4.69) is 26.3 Å². The zero-order chi connectivity index (χ0) is 16.3. The number of rotatable bonds is 4. The number of nitro groups is 1. The molecule has 1 aromatic carbocycles. The van der Waals surface area contributed by atoms with Crippen LogP contribution in [0.4, 0.5) is 11.4 Å². The zero-order valence-electron chi connectivity index (χ0n) is 11.4. The Balaban J connectivity index is 2.17. The minimum atomic E-state index is -0.600. The number of carbonyl (C=O) groups is 1. The first kappa shape index (κ1) is 15.7. The van der Waals surface area contributed by atoms with Crippen LogP contribution >= 0.6 is 15.9 Å². The third-order valence-corrected chi connectivity index (χ3v) is 3.72. The summed E-state index contributed by atoms with van der Waals surface area (Å²) >= 11 is 3.30.